The number of likely N-dealkylation sites (tertiary alicyclic amines) is 1. The minimum absolute atomic E-state index is 0.0105. The lowest BCUT2D eigenvalue weighted by Gasteiger charge is -2.47. The number of carbonyl (C=O) groups excluding carboxylic acids is 1. The summed E-state index contributed by atoms with van der Waals surface area (Å²) in [4.78, 5) is 13.6. The van der Waals surface area contributed by atoms with E-state index in [1.54, 1.807) is 0 Å². The summed E-state index contributed by atoms with van der Waals surface area (Å²) in [7, 11) is 0. The second-order valence-corrected chi connectivity index (χ2v) is 5.02. The van der Waals surface area contributed by atoms with Gasteiger partial charge >= 0.3 is 0 Å². The van der Waals surface area contributed by atoms with E-state index in [2.05, 4.69) is 24.1 Å². The van der Waals surface area contributed by atoms with Crippen molar-refractivity contribution in [1.82, 2.24) is 10.2 Å². The van der Waals surface area contributed by atoms with E-state index in [0.29, 0.717) is 12.6 Å². The highest BCUT2D eigenvalue weighted by molar-refractivity contribution is 5.78. The molecular formula is C12H22N2O2. The number of hydrogen-bond acceptors (Lipinski definition) is 3. The molecule has 16 heavy (non-hydrogen) atoms. The molecule has 0 radical (unpaired) electrons. The van der Waals surface area contributed by atoms with Gasteiger partial charge in [0.25, 0.3) is 0 Å². The Morgan fingerprint density at radius 3 is 3.00 bits per heavy atom. The van der Waals surface area contributed by atoms with Crippen molar-refractivity contribution >= 4 is 5.91 Å². The van der Waals surface area contributed by atoms with Crippen LogP contribution in [-0.4, -0.2) is 48.7 Å². The van der Waals surface area contributed by atoms with Gasteiger partial charge in [0, 0.05) is 12.6 Å². The van der Waals surface area contributed by atoms with E-state index in [9.17, 15) is 4.79 Å². The normalized spacial score (nSPS) is 37.1. The van der Waals surface area contributed by atoms with Gasteiger partial charge in [-0.2, -0.15) is 0 Å². The second-order valence-electron chi connectivity index (χ2n) is 5.02. The molecule has 0 aromatic rings. The maximum Gasteiger partial charge on any atom is 0.246 e. The van der Waals surface area contributed by atoms with E-state index < -0.39 is 0 Å². The monoisotopic (exact) mass is 226 g/mol. The van der Waals surface area contributed by atoms with Gasteiger partial charge in [-0.15, -0.1) is 0 Å². The molecule has 2 fully saturated rings. The third-order valence-electron chi connectivity index (χ3n) is 3.89. The third kappa shape index (κ3) is 2.23. The number of morpholine rings is 1. The first-order chi connectivity index (χ1) is 7.65. The van der Waals surface area contributed by atoms with Crippen LogP contribution in [0.5, 0.6) is 0 Å². The van der Waals surface area contributed by atoms with Crippen molar-refractivity contribution < 1.29 is 9.53 Å². The van der Waals surface area contributed by atoms with Crippen LogP contribution in [0.25, 0.3) is 0 Å². The lowest BCUT2D eigenvalue weighted by molar-refractivity contribution is -0.153. The molecule has 92 valence electrons. The highest BCUT2D eigenvalue weighted by Gasteiger charge is 2.42. The number of ether oxygens (including phenoxy) is 1. The zero-order valence-electron chi connectivity index (χ0n) is 10.3. The molecular weight excluding hydrogens is 204 g/mol. The molecule has 2 aliphatic heterocycles. The summed E-state index contributed by atoms with van der Waals surface area (Å²) >= 11 is 0. The zero-order valence-corrected chi connectivity index (χ0v) is 10.3. The van der Waals surface area contributed by atoms with Crippen LogP contribution in [0.1, 0.15) is 33.1 Å². The number of rotatable bonds is 2. The van der Waals surface area contributed by atoms with Crippen molar-refractivity contribution in [3.63, 3.8) is 0 Å². The van der Waals surface area contributed by atoms with Gasteiger partial charge in [0.2, 0.25) is 5.91 Å². The quantitative estimate of drug-likeness (QED) is 0.756. The van der Waals surface area contributed by atoms with Crippen molar-refractivity contribution in [2.75, 3.05) is 26.2 Å². The van der Waals surface area contributed by atoms with Crippen LogP contribution in [0.3, 0.4) is 0 Å². The Hall–Kier alpha value is -0.610. The summed E-state index contributed by atoms with van der Waals surface area (Å²) in [6, 6.07) is 0.451. The Bertz CT molecular complexity index is 258. The van der Waals surface area contributed by atoms with E-state index >= 15 is 0 Å². The van der Waals surface area contributed by atoms with E-state index in [1.165, 1.54) is 19.3 Å². The third-order valence-corrected chi connectivity index (χ3v) is 3.89. The highest BCUT2D eigenvalue weighted by atomic mass is 16.5. The average molecular weight is 226 g/mol. The summed E-state index contributed by atoms with van der Waals surface area (Å²) in [5.41, 5.74) is -0.204. The van der Waals surface area contributed by atoms with Crippen molar-refractivity contribution in [3.05, 3.63) is 0 Å². The van der Waals surface area contributed by atoms with Gasteiger partial charge < -0.3 is 10.1 Å². The summed E-state index contributed by atoms with van der Waals surface area (Å²) in [5, 5.41) is 2.92. The van der Waals surface area contributed by atoms with Crippen LogP contribution in [0.15, 0.2) is 0 Å². The van der Waals surface area contributed by atoms with Crippen LogP contribution < -0.4 is 5.32 Å². The van der Waals surface area contributed by atoms with E-state index in [4.69, 9.17) is 4.74 Å². The largest absolute Gasteiger partial charge is 0.362 e. The second kappa shape index (κ2) is 4.72. The number of carbonyl (C=O) groups is 1. The summed E-state index contributed by atoms with van der Waals surface area (Å²) in [6.45, 7) is 7.41. The zero-order chi connectivity index (χ0) is 11.6. The number of piperidine rings is 1. The molecule has 4 heteroatoms. The number of nitrogens with zero attached hydrogens (tertiary/aromatic N) is 1. The smallest absolute Gasteiger partial charge is 0.246 e. The molecule has 0 aliphatic carbocycles. The van der Waals surface area contributed by atoms with Gasteiger partial charge in [-0.05, 0) is 32.9 Å². The Balaban J connectivity index is 2.05. The highest BCUT2D eigenvalue weighted by Crippen LogP contribution is 2.29. The van der Waals surface area contributed by atoms with Crippen LogP contribution in [0, 0.1) is 0 Å². The Morgan fingerprint density at radius 1 is 1.56 bits per heavy atom. The van der Waals surface area contributed by atoms with Crippen molar-refractivity contribution in [2.24, 2.45) is 0 Å². The van der Waals surface area contributed by atoms with Crippen LogP contribution >= 0.6 is 0 Å². The first-order valence-corrected chi connectivity index (χ1v) is 6.30. The number of amides is 1. The predicted molar refractivity (Wildman–Crippen MR) is 62.3 cm³/mol. The van der Waals surface area contributed by atoms with Gasteiger partial charge in [-0.3, -0.25) is 9.69 Å². The van der Waals surface area contributed by atoms with Gasteiger partial charge in [0.1, 0.15) is 6.61 Å². The maximum absolute atomic E-state index is 11.1. The predicted octanol–water partition coefficient (Wildman–Crippen LogP) is 0.766. The number of likely N-dealkylation sites (N-methyl/N-ethyl adjacent to an activating group) is 1. The molecule has 2 atom stereocenters. The molecule has 2 heterocycles. The molecule has 1 amide bonds. The molecule has 0 aromatic carbocycles. The first kappa shape index (κ1) is 11.9. The van der Waals surface area contributed by atoms with Crippen molar-refractivity contribution in [3.8, 4) is 0 Å². The van der Waals surface area contributed by atoms with Crippen LogP contribution in [0.4, 0.5) is 0 Å². The Kier molecular flexibility index (Phi) is 3.50. The van der Waals surface area contributed by atoms with E-state index in [1.807, 2.05) is 0 Å². The summed E-state index contributed by atoms with van der Waals surface area (Å²) in [5.74, 6) is 0.0105. The van der Waals surface area contributed by atoms with Crippen LogP contribution in [0.2, 0.25) is 0 Å². The Morgan fingerprint density at radius 2 is 2.38 bits per heavy atom. The summed E-state index contributed by atoms with van der Waals surface area (Å²) < 4.78 is 5.80. The summed E-state index contributed by atoms with van der Waals surface area (Å²) in [6.07, 6.45) is 3.74. The fraction of sp³-hybridized carbons (Fsp3) is 0.917. The lowest BCUT2D eigenvalue weighted by atomic mass is 9.86. The average Bonchev–Trinajstić information content (AvgIpc) is 2.33. The Labute approximate surface area is 97.3 Å². The topological polar surface area (TPSA) is 41.6 Å². The van der Waals surface area contributed by atoms with E-state index in [0.717, 1.165) is 13.1 Å². The molecule has 0 spiro atoms. The number of hydrogen-bond donors (Lipinski definition) is 1. The standard InChI is InChI=1S/C12H22N2O2/c1-3-14-7-5-4-6-10(14)12(2)9-13-11(15)8-16-12/h10H,3-9H2,1-2H3,(H,13,15). The van der Waals surface area contributed by atoms with Gasteiger partial charge in [0.05, 0.1) is 5.60 Å². The fourth-order valence-corrected chi connectivity index (χ4v) is 2.88. The molecule has 2 rings (SSSR count). The molecule has 0 bridgehead atoms. The van der Waals surface area contributed by atoms with Crippen LogP contribution in [-0.2, 0) is 9.53 Å². The molecule has 4 nitrogen and oxygen atoms in total. The minimum Gasteiger partial charge on any atom is -0.362 e. The van der Waals surface area contributed by atoms with Gasteiger partial charge in [-0.1, -0.05) is 13.3 Å². The fourth-order valence-electron chi connectivity index (χ4n) is 2.88. The minimum atomic E-state index is -0.204. The number of nitrogens with one attached hydrogen (secondary N) is 1. The molecule has 0 saturated carbocycles. The molecule has 2 aliphatic rings. The molecule has 0 aromatic heterocycles. The van der Waals surface area contributed by atoms with E-state index in [-0.39, 0.29) is 18.1 Å². The molecule has 2 saturated heterocycles. The molecule has 2 unspecified atom stereocenters. The van der Waals surface area contributed by atoms with Gasteiger partial charge in [-0.25, -0.2) is 0 Å². The van der Waals surface area contributed by atoms with Gasteiger partial charge in [0.15, 0.2) is 0 Å². The van der Waals surface area contributed by atoms with Crippen molar-refractivity contribution in [2.45, 2.75) is 44.8 Å². The molecule has 1 N–H and O–H groups in total. The SMILES string of the molecule is CCN1CCCCC1C1(C)CNC(=O)CO1. The lowest BCUT2D eigenvalue weighted by Crippen LogP contribution is -2.62. The first-order valence-electron chi connectivity index (χ1n) is 6.30. The van der Waals surface area contributed by atoms with Crippen molar-refractivity contribution in [1.29, 1.82) is 0 Å². The maximum atomic E-state index is 11.1.